The minimum atomic E-state index is -0.0480. The van der Waals surface area contributed by atoms with Gasteiger partial charge < -0.3 is 61.7 Å². The molecule has 0 N–H and O–H groups in total. The third-order valence-electron chi connectivity index (χ3n) is 4.11. The molecule has 0 heterocycles. The molecule has 0 aliphatic carbocycles. The first-order valence-electron chi connectivity index (χ1n) is 8.52. The molecule has 0 rings (SSSR count). The molecule has 0 unspecified atom stereocenters. The van der Waals surface area contributed by atoms with Gasteiger partial charge in [0.15, 0.2) is 0 Å². The zero-order valence-electron chi connectivity index (χ0n) is 16.0. The van der Waals surface area contributed by atoms with Crippen molar-refractivity contribution >= 4 is 5.97 Å². The van der Waals surface area contributed by atoms with Gasteiger partial charge in [0.2, 0.25) is 0 Å². The number of hydrogen-bond acceptors (Lipinski definition) is 2. The number of esters is 1. The average molecular weight is 556 g/mol. The molecule has 0 atom stereocenters. The standard InChI is InChI=1S/C17H38N2O2.2HI/c1-7-9-12-18(3,4)14-11-17(20)21-16-15-19(5,6)13-10-8-2;;/h7-16H2,1-6H3;2*1H/q+2;;/p-2. The summed E-state index contributed by atoms with van der Waals surface area (Å²) in [5.74, 6) is -0.0480. The van der Waals surface area contributed by atoms with E-state index < -0.39 is 0 Å². The lowest BCUT2D eigenvalue weighted by molar-refractivity contribution is -0.891. The normalized spacial score (nSPS) is 11.4. The summed E-state index contributed by atoms with van der Waals surface area (Å²) in [6.45, 7) is 9.00. The van der Waals surface area contributed by atoms with Crippen LogP contribution in [0, 0.1) is 0 Å². The van der Waals surface area contributed by atoms with Gasteiger partial charge in [0.1, 0.15) is 13.2 Å². The number of halogens is 2. The predicted molar refractivity (Wildman–Crippen MR) is 89.1 cm³/mol. The Kier molecular flexibility index (Phi) is 18.8. The molecule has 0 saturated heterocycles. The summed E-state index contributed by atoms with van der Waals surface area (Å²) >= 11 is 0. The van der Waals surface area contributed by atoms with Gasteiger partial charge in [-0.25, -0.2) is 0 Å². The molecule has 0 bridgehead atoms. The van der Waals surface area contributed by atoms with Crippen molar-refractivity contribution in [3.8, 4) is 0 Å². The van der Waals surface area contributed by atoms with Crippen LogP contribution >= 0.6 is 0 Å². The van der Waals surface area contributed by atoms with Gasteiger partial charge in [-0.2, -0.15) is 0 Å². The molecule has 0 radical (unpaired) electrons. The highest BCUT2D eigenvalue weighted by molar-refractivity contribution is 5.69. The highest BCUT2D eigenvalue weighted by atomic mass is 127. The molecule has 0 saturated carbocycles. The maximum atomic E-state index is 11.8. The highest BCUT2D eigenvalue weighted by Crippen LogP contribution is 2.05. The molecule has 0 aromatic carbocycles. The largest absolute Gasteiger partial charge is 1.00 e. The van der Waals surface area contributed by atoms with E-state index >= 15 is 0 Å². The zero-order chi connectivity index (χ0) is 16.4. The number of ether oxygens (including phenoxy) is 1. The summed E-state index contributed by atoms with van der Waals surface area (Å²) in [5.41, 5.74) is 0. The number of carbonyl (C=O) groups excluding carboxylic acids is 1. The van der Waals surface area contributed by atoms with Crippen LogP contribution in [0.2, 0.25) is 0 Å². The predicted octanol–water partition coefficient (Wildman–Crippen LogP) is -3.32. The van der Waals surface area contributed by atoms with E-state index in [1.807, 2.05) is 0 Å². The van der Waals surface area contributed by atoms with Crippen LogP contribution in [0.15, 0.2) is 0 Å². The second kappa shape index (κ2) is 15.1. The van der Waals surface area contributed by atoms with Crippen LogP contribution in [0.5, 0.6) is 0 Å². The van der Waals surface area contributed by atoms with Gasteiger partial charge in [0, 0.05) is 0 Å². The third-order valence-corrected chi connectivity index (χ3v) is 4.11. The summed E-state index contributed by atoms with van der Waals surface area (Å²) in [7, 11) is 8.78. The van der Waals surface area contributed by atoms with Crippen LogP contribution in [-0.4, -0.2) is 75.9 Å². The number of unbranched alkanes of at least 4 members (excludes halogenated alkanes) is 2. The van der Waals surface area contributed by atoms with Gasteiger partial charge in [-0.05, 0) is 12.8 Å². The Morgan fingerprint density at radius 2 is 1.22 bits per heavy atom. The SMILES string of the molecule is CCCC[N+](C)(C)CCOC(=O)CC[N+](C)(C)CCCC.[I-].[I-]. The first kappa shape index (κ1) is 28.6. The Bertz CT molecular complexity index is 298. The molecule has 0 aliphatic rings. The first-order valence-corrected chi connectivity index (χ1v) is 8.52. The van der Waals surface area contributed by atoms with E-state index in [9.17, 15) is 4.79 Å². The van der Waals surface area contributed by atoms with Crippen LogP contribution in [0.1, 0.15) is 46.0 Å². The Morgan fingerprint density at radius 3 is 1.65 bits per heavy atom. The number of rotatable bonds is 12. The topological polar surface area (TPSA) is 26.3 Å². The number of carbonyl (C=O) groups is 1. The number of likely N-dealkylation sites (N-methyl/N-ethyl adjacent to an activating group) is 1. The van der Waals surface area contributed by atoms with Crippen LogP contribution in [0.4, 0.5) is 0 Å². The second-order valence-corrected chi connectivity index (χ2v) is 7.44. The van der Waals surface area contributed by atoms with Crippen LogP contribution in [-0.2, 0) is 9.53 Å². The monoisotopic (exact) mass is 556 g/mol. The molecule has 0 fully saturated rings. The summed E-state index contributed by atoms with van der Waals surface area (Å²) < 4.78 is 7.23. The van der Waals surface area contributed by atoms with E-state index in [1.165, 1.54) is 25.7 Å². The van der Waals surface area contributed by atoms with Crippen molar-refractivity contribution in [2.45, 2.75) is 46.0 Å². The Balaban J connectivity index is -0.00000200. The van der Waals surface area contributed by atoms with Crippen molar-refractivity contribution in [2.75, 3.05) is 61.0 Å². The van der Waals surface area contributed by atoms with Crippen molar-refractivity contribution in [2.24, 2.45) is 0 Å². The van der Waals surface area contributed by atoms with Gasteiger partial charge in [-0.3, -0.25) is 4.79 Å². The molecule has 142 valence electrons. The van der Waals surface area contributed by atoms with E-state index in [1.54, 1.807) is 0 Å². The van der Waals surface area contributed by atoms with Crippen molar-refractivity contribution in [3.63, 3.8) is 0 Å². The van der Waals surface area contributed by atoms with E-state index in [2.05, 4.69) is 42.0 Å². The summed E-state index contributed by atoms with van der Waals surface area (Å²) in [6.07, 6.45) is 5.39. The summed E-state index contributed by atoms with van der Waals surface area (Å²) in [4.78, 5) is 11.8. The molecule has 0 amide bonds. The number of hydrogen-bond donors (Lipinski definition) is 0. The number of nitrogens with zero attached hydrogens (tertiary/aromatic N) is 2. The molecular formula is C17H38I2N2O2. The van der Waals surface area contributed by atoms with Crippen LogP contribution in [0.3, 0.4) is 0 Å². The van der Waals surface area contributed by atoms with Crippen LogP contribution in [0.25, 0.3) is 0 Å². The quantitative estimate of drug-likeness (QED) is 0.143. The smallest absolute Gasteiger partial charge is 0.311 e. The number of quaternary nitrogens is 2. The average Bonchev–Trinajstić information content (AvgIpc) is 2.41. The van der Waals surface area contributed by atoms with E-state index in [-0.39, 0.29) is 53.9 Å². The zero-order valence-corrected chi connectivity index (χ0v) is 20.4. The molecule has 6 heteroatoms. The molecule has 0 spiro atoms. The van der Waals surface area contributed by atoms with Gasteiger partial charge >= 0.3 is 5.97 Å². The Morgan fingerprint density at radius 1 is 0.783 bits per heavy atom. The van der Waals surface area contributed by atoms with Crippen molar-refractivity contribution < 1.29 is 66.5 Å². The highest BCUT2D eigenvalue weighted by Gasteiger charge is 2.18. The lowest BCUT2D eigenvalue weighted by Crippen LogP contribution is -3.00. The lowest BCUT2D eigenvalue weighted by atomic mass is 10.2. The van der Waals surface area contributed by atoms with E-state index in [0.717, 1.165) is 35.1 Å². The van der Waals surface area contributed by atoms with Gasteiger partial charge in [-0.1, -0.05) is 26.7 Å². The summed E-state index contributed by atoms with van der Waals surface area (Å²) in [5, 5.41) is 0. The fraction of sp³-hybridized carbons (Fsp3) is 0.941. The van der Waals surface area contributed by atoms with Crippen molar-refractivity contribution in [3.05, 3.63) is 0 Å². The fourth-order valence-electron chi connectivity index (χ4n) is 2.27. The Labute approximate surface area is 178 Å². The molecule has 0 aliphatic heterocycles. The maximum Gasteiger partial charge on any atom is 0.311 e. The third kappa shape index (κ3) is 17.5. The minimum absolute atomic E-state index is 0. The fourth-order valence-corrected chi connectivity index (χ4v) is 2.27. The maximum absolute atomic E-state index is 11.8. The molecule has 4 nitrogen and oxygen atoms in total. The van der Waals surface area contributed by atoms with Crippen molar-refractivity contribution in [1.82, 2.24) is 0 Å². The molecule has 23 heavy (non-hydrogen) atoms. The minimum Gasteiger partial charge on any atom is -1.00 e. The van der Waals surface area contributed by atoms with Crippen molar-refractivity contribution in [1.29, 1.82) is 0 Å². The molecule has 0 aromatic heterocycles. The first-order chi connectivity index (χ1) is 9.72. The molecular weight excluding hydrogens is 518 g/mol. The second-order valence-electron chi connectivity index (χ2n) is 7.44. The molecule has 0 aromatic rings. The Hall–Kier alpha value is 0.850. The van der Waals surface area contributed by atoms with E-state index in [4.69, 9.17) is 4.74 Å². The lowest BCUT2D eigenvalue weighted by Gasteiger charge is -2.30. The van der Waals surface area contributed by atoms with E-state index in [0.29, 0.717) is 13.0 Å². The van der Waals surface area contributed by atoms with Crippen LogP contribution < -0.4 is 48.0 Å². The summed E-state index contributed by atoms with van der Waals surface area (Å²) in [6, 6.07) is 0. The van der Waals surface area contributed by atoms with Gasteiger partial charge in [0.05, 0.1) is 54.2 Å². The van der Waals surface area contributed by atoms with Gasteiger partial charge in [-0.15, -0.1) is 0 Å². The van der Waals surface area contributed by atoms with Gasteiger partial charge in [0.25, 0.3) is 0 Å².